The van der Waals surface area contributed by atoms with Crippen LogP contribution < -0.4 is 5.56 Å². The third kappa shape index (κ3) is 5.24. The lowest BCUT2D eigenvalue weighted by molar-refractivity contribution is -0.117. The van der Waals surface area contributed by atoms with E-state index in [2.05, 4.69) is 16.8 Å². The Morgan fingerprint density at radius 2 is 2.00 bits per heavy atom. The number of carbonyl (C=O) groups is 2. The number of pyridine rings is 2. The molecule has 4 rings (SSSR count). The van der Waals surface area contributed by atoms with Crippen molar-refractivity contribution in [2.45, 2.75) is 32.2 Å². The third-order valence-corrected chi connectivity index (χ3v) is 6.31. The van der Waals surface area contributed by atoms with Crippen molar-refractivity contribution in [3.05, 3.63) is 83.9 Å². The number of aromatic nitrogens is 2. The summed E-state index contributed by atoms with van der Waals surface area (Å²) in [5.41, 5.74) is 1.54. The Labute approximate surface area is 194 Å². The van der Waals surface area contributed by atoms with E-state index in [4.69, 9.17) is 11.6 Å². The highest BCUT2D eigenvalue weighted by atomic mass is 35.5. The van der Waals surface area contributed by atoms with E-state index >= 15 is 0 Å². The zero-order valence-electron chi connectivity index (χ0n) is 16.8. The van der Waals surface area contributed by atoms with Crippen LogP contribution in [0.15, 0.2) is 35.4 Å². The van der Waals surface area contributed by atoms with Gasteiger partial charge in [-0.3, -0.25) is 19.4 Å². The number of carbonyl (C=O) groups excluding carboxylic acids is 2. The maximum absolute atomic E-state index is 13.8. The van der Waals surface area contributed by atoms with Crippen LogP contribution in [-0.2, 0) is 30.6 Å². The summed E-state index contributed by atoms with van der Waals surface area (Å²) in [6.07, 6.45) is 0.144. The second-order valence-electron chi connectivity index (χ2n) is 7.41. The Hall–Kier alpha value is -3.22. The molecule has 0 aromatic carbocycles. The number of fused-ring (bicyclic) bond motifs is 1. The normalized spacial score (nSPS) is 12.6. The molecule has 0 fully saturated rings. The van der Waals surface area contributed by atoms with Gasteiger partial charge in [-0.05, 0) is 29.3 Å². The van der Waals surface area contributed by atoms with E-state index in [1.54, 1.807) is 12.3 Å². The maximum atomic E-state index is 13.8. The summed E-state index contributed by atoms with van der Waals surface area (Å²) >= 11 is 7.20. The van der Waals surface area contributed by atoms with Gasteiger partial charge >= 0.3 is 0 Å². The molecule has 5 nitrogen and oxygen atoms in total. The predicted octanol–water partition coefficient (Wildman–Crippen LogP) is 3.86. The maximum Gasteiger partial charge on any atom is 0.286 e. The zero-order chi connectivity index (χ0) is 23.7. The highest BCUT2D eigenvalue weighted by molar-refractivity contribution is 7.18. The Bertz CT molecular complexity index is 1400. The summed E-state index contributed by atoms with van der Waals surface area (Å²) in [5.74, 6) is 4.28. The topological polar surface area (TPSA) is 69.0 Å². The molecule has 33 heavy (non-hydrogen) atoms. The Morgan fingerprint density at radius 1 is 1.21 bits per heavy atom. The molecule has 10 heteroatoms. The van der Waals surface area contributed by atoms with Crippen LogP contribution >= 0.6 is 22.9 Å². The molecular weight excluding hydrogens is 477 g/mol. The number of rotatable bonds is 5. The van der Waals surface area contributed by atoms with E-state index in [9.17, 15) is 27.6 Å². The number of alkyl halides is 2. The van der Waals surface area contributed by atoms with Gasteiger partial charge in [-0.1, -0.05) is 23.4 Å². The number of hydrogen-bond acceptors (Lipinski definition) is 5. The van der Waals surface area contributed by atoms with Gasteiger partial charge < -0.3 is 4.57 Å². The SMILES string of the molecule is O=C1Cc2cc(C#Cc3cc(C(=O)Cc4cc(F)c(=O)n(CC(F)F)c4)sc3Cl)cnc2C1. The van der Waals surface area contributed by atoms with Gasteiger partial charge in [0, 0.05) is 37.2 Å². The van der Waals surface area contributed by atoms with E-state index in [0.717, 1.165) is 34.9 Å². The Kier molecular flexibility index (Phi) is 6.49. The van der Waals surface area contributed by atoms with Crippen molar-refractivity contribution in [1.82, 2.24) is 9.55 Å². The van der Waals surface area contributed by atoms with E-state index < -0.39 is 30.1 Å². The minimum absolute atomic E-state index is 0.0914. The van der Waals surface area contributed by atoms with Crippen LogP contribution in [0.1, 0.15) is 37.6 Å². The first-order chi connectivity index (χ1) is 15.7. The summed E-state index contributed by atoms with van der Waals surface area (Å²) < 4.78 is 39.9. The van der Waals surface area contributed by atoms with Crippen molar-refractivity contribution < 1.29 is 22.8 Å². The molecule has 0 amide bonds. The Balaban J connectivity index is 1.53. The van der Waals surface area contributed by atoms with Crippen LogP contribution in [0.25, 0.3) is 0 Å². The number of thiophene rings is 1. The number of Topliss-reactive ketones (excluding diaryl/α,β-unsaturated/α-hetero) is 2. The molecule has 3 aromatic rings. The van der Waals surface area contributed by atoms with Crippen molar-refractivity contribution in [2.24, 2.45) is 0 Å². The molecular formula is C23H14ClF3N2O3S. The van der Waals surface area contributed by atoms with E-state index in [-0.39, 0.29) is 27.0 Å². The molecule has 0 aliphatic heterocycles. The molecule has 1 aliphatic rings. The summed E-state index contributed by atoms with van der Waals surface area (Å²) in [4.78, 5) is 40.3. The van der Waals surface area contributed by atoms with Crippen molar-refractivity contribution >= 4 is 34.5 Å². The first-order valence-electron chi connectivity index (χ1n) is 9.70. The fourth-order valence-electron chi connectivity index (χ4n) is 3.42. The second kappa shape index (κ2) is 9.33. The molecule has 0 atom stereocenters. The number of hydrogen-bond donors (Lipinski definition) is 0. The van der Waals surface area contributed by atoms with Crippen molar-refractivity contribution in [3.63, 3.8) is 0 Å². The van der Waals surface area contributed by atoms with Gasteiger partial charge in [0.1, 0.15) is 10.1 Å². The number of ketones is 2. The molecule has 0 unspecified atom stereocenters. The largest absolute Gasteiger partial charge is 0.307 e. The number of nitrogens with zero attached hydrogens (tertiary/aromatic N) is 2. The molecule has 1 aliphatic carbocycles. The standard InChI is InChI=1S/C23H14ClF3N2O3S/c24-22-14(2-1-12-3-15-6-16(30)8-18(15)28-9-12)7-20(33-22)19(31)5-13-4-17(25)23(32)29(10-13)11-21(26)27/h3-4,7,9-10,21H,5-6,8,11H2. The summed E-state index contributed by atoms with van der Waals surface area (Å²) in [6, 6.07) is 4.16. The summed E-state index contributed by atoms with van der Waals surface area (Å²) in [5, 5.41) is 0. The minimum atomic E-state index is -2.84. The first kappa shape index (κ1) is 23.0. The lowest BCUT2D eigenvalue weighted by Crippen LogP contribution is -2.26. The lowest BCUT2D eigenvalue weighted by atomic mass is 10.1. The van der Waals surface area contributed by atoms with Crippen LogP contribution in [0.2, 0.25) is 4.34 Å². The highest BCUT2D eigenvalue weighted by Crippen LogP contribution is 2.28. The lowest BCUT2D eigenvalue weighted by Gasteiger charge is -2.08. The fraction of sp³-hybridized carbons (Fsp3) is 0.217. The van der Waals surface area contributed by atoms with E-state index in [0.29, 0.717) is 28.5 Å². The quantitative estimate of drug-likeness (QED) is 0.402. The van der Waals surface area contributed by atoms with Gasteiger partial charge in [0.2, 0.25) is 0 Å². The second-order valence-corrected chi connectivity index (χ2v) is 9.07. The van der Waals surface area contributed by atoms with Crippen molar-refractivity contribution in [1.29, 1.82) is 0 Å². The van der Waals surface area contributed by atoms with E-state index in [1.165, 1.54) is 6.07 Å². The van der Waals surface area contributed by atoms with Crippen molar-refractivity contribution in [2.75, 3.05) is 0 Å². The van der Waals surface area contributed by atoms with Gasteiger partial charge in [-0.2, -0.15) is 0 Å². The Morgan fingerprint density at radius 3 is 2.76 bits per heavy atom. The van der Waals surface area contributed by atoms with Crippen LogP contribution in [0.4, 0.5) is 13.2 Å². The molecule has 0 saturated carbocycles. The average molecular weight is 491 g/mol. The molecule has 3 aromatic heterocycles. The van der Waals surface area contributed by atoms with Gasteiger partial charge in [-0.15, -0.1) is 11.3 Å². The van der Waals surface area contributed by atoms with Gasteiger partial charge in [0.05, 0.1) is 22.7 Å². The molecule has 0 radical (unpaired) electrons. The summed E-state index contributed by atoms with van der Waals surface area (Å²) in [7, 11) is 0. The summed E-state index contributed by atoms with van der Waals surface area (Å²) in [6.45, 7) is -0.964. The first-order valence-corrected chi connectivity index (χ1v) is 10.9. The van der Waals surface area contributed by atoms with Crippen molar-refractivity contribution in [3.8, 4) is 11.8 Å². The van der Waals surface area contributed by atoms with Crippen LogP contribution in [0, 0.1) is 17.7 Å². The minimum Gasteiger partial charge on any atom is -0.307 e. The number of halogens is 4. The van der Waals surface area contributed by atoms with Crippen LogP contribution in [0.3, 0.4) is 0 Å². The van der Waals surface area contributed by atoms with E-state index in [1.807, 2.05) is 0 Å². The molecule has 0 spiro atoms. The highest BCUT2D eigenvalue weighted by Gasteiger charge is 2.20. The zero-order valence-corrected chi connectivity index (χ0v) is 18.4. The third-order valence-electron chi connectivity index (χ3n) is 4.91. The van der Waals surface area contributed by atoms with Crippen LogP contribution in [0.5, 0.6) is 0 Å². The van der Waals surface area contributed by atoms with Gasteiger partial charge in [-0.25, -0.2) is 13.2 Å². The fourth-order valence-corrected chi connectivity index (χ4v) is 4.55. The van der Waals surface area contributed by atoms with Gasteiger partial charge in [0.25, 0.3) is 12.0 Å². The van der Waals surface area contributed by atoms with Crippen LogP contribution in [-0.4, -0.2) is 27.5 Å². The molecule has 0 saturated heterocycles. The average Bonchev–Trinajstić information content (AvgIpc) is 3.30. The smallest absolute Gasteiger partial charge is 0.286 e. The molecule has 168 valence electrons. The molecule has 0 bridgehead atoms. The van der Waals surface area contributed by atoms with Gasteiger partial charge in [0.15, 0.2) is 11.6 Å². The predicted molar refractivity (Wildman–Crippen MR) is 117 cm³/mol. The molecule has 3 heterocycles. The monoisotopic (exact) mass is 490 g/mol. The molecule has 0 N–H and O–H groups in total.